The van der Waals surface area contributed by atoms with E-state index in [0.29, 0.717) is 11.3 Å². The second kappa shape index (κ2) is 5.17. The van der Waals surface area contributed by atoms with E-state index in [2.05, 4.69) is 4.85 Å². The number of rotatable bonds is 1. The molecule has 0 unspecified atom stereocenters. The Morgan fingerprint density at radius 3 is 2.71 bits per heavy atom. The molecular formula is C20H14FN2O+. The largest absolute Gasteiger partial charge is 0.464 e. The zero-order chi connectivity index (χ0) is 16.8. The number of aryl methyl sites for hydroxylation is 2. The minimum Gasteiger partial charge on any atom is -0.464 e. The molecule has 0 bridgehead atoms. The van der Waals surface area contributed by atoms with E-state index in [1.54, 1.807) is 12.1 Å². The molecule has 0 N–H and O–H groups in total. The molecule has 0 aliphatic rings. The molecule has 2 heterocycles. The fourth-order valence-electron chi connectivity index (χ4n) is 3.25. The summed E-state index contributed by atoms with van der Waals surface area (Å²) >= 11 is 0. The van der Waals surface area contributed by atoms with Gasteiger partial charge in [-0.05, 0) is 24.6 Å². The summed E-state index contributed by atoms with van der Waals surface area (Å²) in [5.74, 6) is -0.406. The topological polar surface area (TPSA) is 21.4 Å². The van der Waals surface area contributed by atoms with E-state index in [-0.39, 0.29) is 5.58 Å². The summed E-state index contributed by atoms with van der Waals surface area (Å²) in [5, 5.41) is 1.48. The number of nitrogens with zero attached hydrogens (tertiary/aromatic N) is 2. The standard InChI is InChI=1S/C20H14FN2O/c1-12-11-14(21)20-18(17(12)16-9-4-5-10-23(16)3)13-7-6-8-15(22-2)19(13)24-20/h4-11H,1,3H3/q+1. The molecule has 116 valence electrons. The van der Waals surface area contributed by atoms with Crippen molar-refractivity contribution in [3.8, 4) is 11.3 Å². The quantitative estimate of drug-likeness (QED) is 0.354. The third-order valence-electron chi connectivity index (χ3n) is 4.33. The molecule has 3 nitrogen and oxygen atoms in total. The molecule has 0 aliphatic carbocycles. The van der Waals surface area contributed by atoms with Crippen molar-refractivity contribution in [1.29, 1.82) is 0 Å². The Morgan fingerprint density at radius 1 is 1.12 bits per heavy atom. The Kier molecular flexibility index (Phi) is 3.10. The predicted molar refractivity (Wildman–Crippen MR) is 91.3 cm³/mol. The number of hydrogen-bond acceptors (Lipinski definition) is 1. The molecule has 4 aromatic rings. The van der Waals surface area contributed by atoms with Crippen LogP contribution in [0.5, 0.6) is 0 Å². The molecular weight excluding hydrogens is 303 g/mol. The number of aromatic nitrogens is 1. The van der Waals surface area contributed by atoms with Gasteiger partial charge in [-0.1, -0.05) is 18.2 Å². The van der Waals surface area contributed by atoms with Crippen LogP contribution in [0, 0.1) is 19.3 Å². The van der Waals surface area contributed by atoms with Crippen LogP contribution < -0.4 is 4.57 Å². The van der Waals surface area contributed by atoms with Gasteiger partial charge in [-0.25, -0.2) is 13.8 Å². The molecule has 2 aromatic carbocycles. The molecule has 2 aromatic heterocycles. The van der Waals surface area contributed by atoms with Crippen LogP contribution in [0.3, 0.4) is 0 Å². The van der Waals surface area contributed by atoms with Gasteiger partial charge in [0.15, 0.2) is 17.6 Å². The molecule has 0 radical (unpaired) electrons. The lowest BCUT2D eigenvalue weighted by molar-refractivity contribution is -0.660. The van der Waals surface area contributed by atoms with Gasteiger partial charge in [-0.15, -0.1) is 0 Å². The molecule has 0 saturated heterocycles. The Labute approximate surface area is 138 Å². The molecule has 0 atom stereocenters. The maximum Gasteiger partial charge on any atom is 0.229 e. The van der Waals surface area contributed by atoms with Crippen LogP contribution >= 0.6 is 0 Å². The van der Waals surface area contributed by atoms with E-state index in [1.165, 1.54) is 6.07 Å². The minimum atomic E-state index is -0.406. The van der Waals surface area contributed by atoms with Crippen molar-refractivity contribution in [2.45, 2.75) is 6.92 Å². The minimum absolute atomic E-state index is 0.200. The Balaban J connectivity index is 2.27. The maximum atomic E-state index is 14.5. The lowest BCUT2D eigenvalue weighted by Gasteiger charge is -2.07. The highest BCUT2D eigenvalue weighted by molar-refractivity contribution is 6.15. The van der Waals surface area contributed by atoms with Gasteiger partial charge in [0.2, 0.25) is 11.4 Å². The van der Waals surface area contributed by atoms with Crippen molar-refractivity contribution < 1.29 is 13.4 Å². The summed E-state index contributed by atoms with van der Waals surface area (Å²) in [6, 6.07) is 12.8. The van der Waals surface area contributed by atoms with Gasteiger partial charge in [0.25, 0.3) is 0 Å². The van der Waals surface area contributed by atoms with Crippen molar-refractivity contribution in [3.63, 3.8) is 0 Å². The predicted octanol–water partition coefficient (Wildman–Crippen LogP) is 5.08. The number of hydrogen-bond donors (Lipinski definition) is 0. The van der Waals surface area contributed by atoms with Gasteiger partial charge in [0, 0.05) is 22.9 Å². The number of furan rings is 1. The third kappa shape index (κ3) is 1.92. The van der Waals surface area contributed by atoms with Crippen molar-refractivity contribution >= 4 is 27.6 Å². The summed E-state index contributed by atoms with van der Waals surface area (Å²) in [5.41, 5.74) is 3.76. The normalized spacial score (nSPS) is 11.1. The van der Waals surface area contributed by atoms with Crippen LogP contribution in [0.25, 0.3) is 38.0 Å². The molecule has 24 heavy (non-hydrogen) atoms. The molecule has 0 fully saturated rings. The fourth-order valence-corrected chi connectivity index (χ4v) is 3.25. The summed E-state index contributed by atoms with van der Waals surface area (Å²) < 4.78 is 22.3. The van der Waals surface area contributed by atoms with E-state index in [9.17, 15) is 4.39 Å². The second-order valence-corrected chi connectivity index (χ2v) is 5.82. The summed E-state index contributed by atoms with van der Waals surface area (Å²) in [6.45, 7) is 9.21. The highest BCUT2D eigenvalue weighted by Gasteiger charge is 2.23. The zero-order valence-corrected chi connectivity index (χ0v) is 13.3. The molecule has 0 saturated carbocycles. The summed E-state index contributed by atoms with van der Waals surface area (Å²) in [6.07, 6.45) is 1.96. The van der Waals surface area contributed by atoms with Crippen molar-refractivity contribution in [2.24, 2.45) is 7.05 Å². The van der Waals surface area contributed by atoms with Crippen LogP contribution in [-0.2, 0) is 7.05 Å². The summed E-state index contributed by atoms with van der Waals surface area (Å²) in [7, 11) is 1.96. The molecule has 4 rings (SSSR count). The van der Waals surface area contributed by atoms with Crippen LogP contribution in [0.2, 0.25) is 0 Å². The lowest BCUT2D eigenvalue weighted by Crippen LogP contribution is -2.30. The number of fused-ring (bicyclic) bond motifs is 3. The molecule has 0 aliphatic heterocycles. The Hall–Kier alpha value is -3.19. The van der Waals surface area contributed by atoms with Crippen molar-refractivity contribution in [1.82, 2.24) is 0 Å². The molecule has 0 spiro atoms. The Morgan fingerprint density at radius 2 is 1.96 bits per heavy atom. The van der Waals surface area contributed by atoms with E-state index in [0.717, 1.165) is 27.6 Å². The summed E-state index contributed by atoms with van der Waals surface area (Å²) in [4.78, 5) is 3.49. The smallest absolute Gasteiger partial charge is 0.229 e. The average Bonchev–Trinajstić information content (AvgIpc) is 2.96. The fraction of sp³-hybridized carbons (Fsp3) is 0.100. The number of para-hydroxylation sites is 1. The van der Waals surface area contributed by atoms with Crippen LogP contribution in [0.1, 0.15) is 5.56 Å². The maximum absolute atomic E-state index is 14.5. The third-order valence-corrected chi connectivity index (χ3v) is 4.33. The molecule has 4 heteroatoms. The van der Waals surface area contributed by atoms with Crippen LogP contribution in [-0.4, -0.2) is 0 Å². The van der Waals surface area contributed by atoms with Gasteiger partial charge >= 0.3 is 0 Å². The van der Waals surface area contributed by atoms with Gasteiger partial charge in [-0.3, -0.25) is 0 Å². The highest BCUT2D eigenvalue weighted by atomic mass is 19.1. The van der Waals surface area contributed by atoms with Gasteiger partial charge in [0.05, 0.1) is 12.1 Å². The first-order valence-corrected chi connectivity index (χ1v) is 7.58. The lowest BCUT2D eigenvalue weighted by atomic mass is 9.97. The van der Waals surface area contributed by atoms with Crippen molar-refractivity contribution in [2.75, 3.05) is 0 Å². The number of benzene rings is 2. The van der Waals surface area contributed by atoms with Crippen LogP contribution in [0.4, 0.5) is 10.1 Å². The van der Waals surface area contributed by atoms with Gasteiger partial charge in [-0.2, -0.15) is 0 Å². The Bertz CT molecular complexity index is 1150. The monoisotopic (exact) mass is 317 g/mol. The first kappa shape index (κ1) is 14.4. The SMILES string of the molecule is [C-]#[N+]c1cccc2c1oc1c(F)cc(C)c(-c3cccc[n+]3C)c12. The van der Waals surface area contributed by atoms with Crippen LogP contribution in [0.15, 0.2) is 53.1 Å². The molecule has 0 amide bonds. The highest BCUT2D eigenvalue weighted by Crippen LogP contribution is 2.41. The first-order valence-electron chi connectivity index (χ1n) is 7.58. The van der Waals surface area contributed by atoms with E-state index >= 15 is 0 Å². The average molecular weight is 317 g/mol. The number of halogens is 1. The van der Waals surface area contributed by atoms with Gasteiger partial charge in [0.1, 0.15) is 12.6 Å². The zero-order valence-electron chi connectivity index (χ0n) is 13.3. The van der Waals surface area contributed by atoms with E-state index < -0.39 is 5.82 Å². The van der Waals surface area contributed by atoms with E-state index in [4.69, 9.17) is 11.0 Å². The second-order valence-electron chi connectivity index (χ2n) is 5.82. The van der Waals surface area contributed by atoms with Crippen molar-refractivity contribution in [3.05, 3.63) is 71.5 Å². The first-order chi connectivity index (χ1) is 11.6. The number of pyridine rings is 1. The van der Waals surface area contributed by atoms with E-state index in [1.807, 2.05) is 49.0 Å². The van der Waals surface area contributed by atoms with Gasteiger partial charge < -0.3 is 4.42 Å².